The highest BCUT2D eigenvalue weighted by Crippen LogP contribution is 2.36. The number of allylic oxidation sites excluding steroid dienone is 8. The minimum Gasteiger partial charge on any atom is -0.507 e. The van der Waals surface area contributed by atoms with Crippen LogP contribution in [0.4, 0.5) is 22.7 Å². The van der Waals surface area contributed by atoms with Gasteiger partial charge >= 0.3 is 0 Å². The number of anilines is 2. The van der Waals surface area contributed by atoms with Gasteiger partial charge in [-0.3, -0.25) is 9.59 Å². The van der Waals surface area contributed by atoms with E-state index in [-0.39, 0.29) is 48.7 Å². The predicted octanol–water partition coefficient (Wildman–Crippen LogP) is 9.71. The number of aryl methyl sites for hydroxylation is 2. The van der Waals surface area contributed by atoms with E-state index < -0.39 is 0 Å². The molecule has 0 saturated heterocycles. The number of carbonyl (C=O) groups excluding carboxylic acids is 2. The molecule has 8 heteroatoms. The zero-order valence-corrected chi connectivity index (χ0v) is 34.4. The number of hydrogen-bond donors (Lipinski definition) is 2. The van der Waals surface area contributed by atoms with E-state index in [1.54, 1.807) is 24.3 Å². The Morgan fingerprint density at radius 3 is 1.09 bits per heavy atom. The van der Waals surface area contributed by atoms with Crippen LogP contribution in [0.1, 0.15) is 61.1 Å². The molecule has 8 bridgehead atoms. The molecule has 4 aromatic carbocycles. The summed E-state index contributed by atoms with van der Waals surface area (Å²) in [5, 5.41) is 23.5. The number of ketones is 2. The van der Waals surface area contributed by atoms with Crippen LogP contribution in [0.5, 0.6) is 11.5 Å². The van der Waals surface area contributed by atoms with E-state index in [1.165, 1.54) is 0 Å². The van der Waals surface area contributed by atoms with Crippen molar-refractivity contribution in [3.8, 4) is 11.5 Å². The number of aromatic hydroxyl groups is 2. The van der Waals surface area contributed by atoms with E-state index in [2.05, 4.69) is 61.8 Å². The summed E-state index contributed by atoms with van der Waals surface area (Å²) < 4.78 is 0. The zero-order chi connectivity index (χ0) is 41.1. The maximum atomic E-state index is 14.2. The molecular formula is C50H52N4O4. The van der Waals surface area contributed by atoms with Crippen molar-refractivity contribution >= 4 is 45.7 Å². The number of nitrogens with zero attached hydrogens (tertiary/aromatic N) is 4. The van der Waals surface area contributed by atoms with Crippen LogP contribution in [-0.4, -0.2) is 59.4 Å². The first kappa shape index (κ1) is 39.9. The maximum absolute atomic E-state index is 14.2. The second-order valence-corrected chi connectivity index (χ2v) is 15.3. The molecule has 4 aromatic rings. The minimum absolute atomic E-state index is 0.0507. The van der Waals surface area contributed by atoms with E-state index >= 15 is 0 Å². The fraction of sp³-hybridized carbons (Fsp3) is 0.280. The molecule has 296 valence electrons. The number of hydrogen-bond acceptors (Lipinski definition) is 8. The van der Waals surface area contributed by atoms with Gasteiger partial charge in [-0.25, -0.2) is 9.98 Å². The molecule has 58 heavy (non-hydrogen) atoms. The van der Waals surface area contributed by atoms with Gasteiger partial charge in [0.1, 0.15) is 11.5 Å². The van der Waals surface area contributed by atoms with Crippen molar-refractivity contribution in [1.82, 2.24) is 0 Å². The van der Waals surface area contributed by atoms with E-state index in [4.69, 9.17) is 9.98 Å². The van der Waals surface area contributed by atoms with Crippen molar-refractivity contribution in [2.75, 3.05) is 36.0 Å². The highest BCUT2D eigenvalue weighted by molar-refractivity contribution is 6.23. The van der Waals surface area contributed by atoms with Gasteiger partial charge in [-0.2, -0.15) is 0 Å². The summed E-state index contributed by atoms with van der Waals surface area (Å²) in [5.41, 5.74) is 11.4. The molecule has 7 rings (SSSR count). The molecule has 0 unspecified atom stereocenters. The van der Waals surface area contributed by atoms with Crippen LogP contribution in [0, 0.1) is 13.8 Å². The summed E-state index contributed by atoms with van der Waals surface area (Å²) in [7, 11) is 0. The molecule has 0 spiro atoms. The number of carbonyl (C=O) groups is 2. The van der Waals surface area contributed by atoms with Gasteiger partial charge in [0.15, 0.2) is 11.6 Å². The fourth-order valence-corrected chi connectivity index (χ4v) is 8.19. The zero-order valence-electron chi connectivity index (χ0n) is 34.4. The number of rotatable bonds is 8. The first-order valence-corrected chi connectivity index (χ1v) is 20.4. The number of phenolic OH excluding ortho intramolecular Hbond substituents is 2. The second-order valence-electron chi connectivity index (χ2n) is 15.3. The quantitative estimate of drug-likeness (QED) is 0.173. The fourth-order valence-electron chi connectivity index (χ4n) is 8.19. The molecule has 0 radical (unpaired) electrons. The number of Topliss-reactive ketones (excluding diaryl/α,β-unsaturated/α-hetero) is 2. The van der Waals surface area contributed by atoms with Crippen molar-refractivity contribution in [1.29, 1.82) is 0 Å². The average Bonchev–Trinajstić information content (AvgIpc) is 3.20. The molecule has 3 aliphatic rings. The molecule has 0 aliphatic heterocycles. The topological polar surface area (TPSA) is 106 Å². The van der Waals surface area contributed by atoms with Crippen molar-refractivity contribution in [2.45, 2.75) is 67.2 Å². The number of para-hydroxylation sites is 2. The lowest BCUT2D eigenvalue weighted by Gasteiger charge is -2.22. The van der Waals surface area contributed by atoms with E-state index in [0.717, 1.165) is 60.1 Å². The second kappa shape index (κ2) is 17.1. The monoisotopic (exact) mass is 772 g/mol. The van der Waals surface area contributed by atoms with Crippen molar-refractivity contribution in [2.24, 2.45) is 9.98 Å². The van der Waals surface area contributed by atoms with E-state index in [9.17, 15) is 19.8 Å². The van der Waals surface area contributed by atoms with Gasteiger partial charge in [-0.05, 0) is 136 Å². The first-order valence-electron chi connectivity index (χ1n) is 20.4. The van der Waals surface area contributed by atoms with Crippen LogP contribution in [0.3, 0.4) is 0 Å². The van der Waals surface area contributed by atoms with Gasteiger partial charge in [0.2, 0.25) is 0 Å². The number of benzene rings is 4. The molecule has 8 nitrogen and oxygen atoms in total. The van der Waals surface area contributed by atoms with Gasteiger partial charge in [0.25, 0.3) is 0 Å². The largest absolute Gasteiger partial charge is 0.507 e. The Bertz CT molecular complexity index is 2220. The number of fused-ring (bicyclic) bond motifs is 8. The van der Waals surface area contributed by atoms with E-state index in [1.807, 2.05) is 62.4 Å². The Balaban J connectivity index is 1.32. The number of phenols is 2. The Hall–Kier alpha value is -6.28. The average molecular weight is 773 g/mol. The molecular weight excluding hydrogens is 721 g/mol. The SMILES string of the molecule is CCN(CC)c1ccc(N=C2C=C3Cc4cccc(c4O)CC4=CC(=Nc5ccc(N(CC)CC)cc5C)C=C(Cc5cccc(c5O)CC(=C2)C3=O)C4=O)c(C)c1. The molecule has 0 aromatic heterocycles. The Labute approximate surface area is 342 Å². The van der Waals surface area contributed by atoms with Gasteiger partial charge < -0.3 is 20.0 Å². The predicted molar refractivity (Wildman–Crippen MR) is 237 cm³/mol. The summed E-state index contributed by atoms with van der Waals surface area (Å²) in [6, 6.07) is 23.4. The van der Waals surface area contributed by atoms with Gasteiger partial charge in [-0.15, -0.1) is 0 Å². The lowest BCUT2D eigenvalue weighted by molar-refractivity contribution is -0.113. The molecule has 0 atom stereocenters. The van der Waals surface area contributed by atoms with E-state index in [0.29, 0.717) is 56.0 Å². The van der Waals surface area contributed by atoms with Gasteiger partial charge in [0, 0.05) is 85.5 Å². The van der Waals surface area contributed by atoms with Crippen molar-refractivity contribution < 1.29 is 19.8 Å². The highest BCUT2D eigenvalue weighted by atomic mass is 16.3. The normalized spacial score (nSPS) is 15.3. The minimum atomic E-state index is -0.159. The van der Waals surface area contributed by atoms with Crippen LogP contribution >= 0.6 is 0 Å². The lowest BCUT2D eigenvalue weighted by Crippen LogP contribution is -2.21. The summed E-state index contributed by atoms with van der Waals surface area (Å²) in [6.07, 6.45) is 7.86. The molecule has 0 heterocycles. The van der Waals surface area contributed by atoms with Crippen LogP contribution in [0.2, 0.25) is 0 Å². The third-order valence-corrected chi connectivity index (χ3v) is 11.5. The van der Waals surface area contributed by atoms with Crippen LogP contribution in [0.25, 0.3) is 0 Å². The maximum Gasteiger partial charge on any atom is 0.185 e. The summed E-state index contributed by atoms with van der Waals surface area (Å²) >= 11 is 0. The van der Waals surface area contributed by atoms with Gasteiger partial charge in [0.05, 0.1) is 22.8 Å². The first-order chi connectivity index (χ1) is 28.0. The van der Waals surface area contributed by atoms with Crippen molar-refractivity contribution in [3.05, 3.63) is 153 Å². The summed E-state index contributed by atoms with van der Waals surface area (Å²) in [4.78, 5) is 43.1. The Morgan fingerprint density at radius 1 is 0.500 bits per heavy atom. The molecule has 0 amide bonds. The Kier molecular flexibility index (Phi) is 11.7. The van der Waals surface area contributed by atoms with Crippen molar-refractivity contribution in [3.63, 3.8) is 0 Å². The third kappa shape index (κ3) is 8.23. The standard InChI is InChI=1S/C50H52N4O4/c1-7-53(8-2)43-17-19-45(31(5)21-43)51-41-27-37-23-33-13-11-15-35(47(33)55)25-39-29-42(52-46-20-18-44(22-32(46)6)54(9-3)10-4)30-40(50(39)58)26-36-16-12-14-34(48(36)56)24-38(28-41)49(37)57/h11-22,27-30,55-56H,7-10,23-26H2,1-6H3. The summed E-state index contributed by atoms with van der Waals surface area (Å²) in [6.45, 7) is 16.2. The Morgan fingerprint density at radius 2 is 0.810 bits per heavy atom. The molecule has 2 N–H and O–H groups in total. The smallest absolute Gasteiger partial charge is 0.185 e. The number of aliphatic imine (C=N–C) groups is 2. The third-order valence-electron chi connectivity index (χ3n) is 11.5. The highest BCUT2D eigenvalue weighted by Gasteiger charge is 2.28. The lowest BCUT2D eigenvalue weighted by atomic mass is 9.84. The molecule has 0 fully saturated rings. The summed E-state index contributed by atoms with van der Waals surface area (Å²) in [5.74, 6) is -0.217. The van der Waals surface area contributed by atoms with Crippen LogP contribution < -0.4 is 9.80 Å². The van der Waals surface area contributed by atoms with Crippen LogP contribution in [-0.2, 0) is 35.3 Å². The van der Waals surface area contributed by atoms with Gasteiger partial charge in [-0.1, -0.05) is 36.4 Å². The molecule has 0 saturated carbocycles. The van der Waals surface area contributed by atoms with Crippen LogP contribution in [0.15, 0.2) is 129 Å². The molecule has 3 aliphatic carbocycles.